The molecular formula is C15H22Cl2N2O2. The summed E-state index contributed by atoms with van der Waals surface area (Å²) in [5.41, 5.74) is 0.997. The zero-order chi connectivity index (χ0) is 15.1. The van der Waals surface area contributed by atoms with Gasteiger partial charge in [0.1, 0.15) is 5.75 Å². The van der Waals surface area contributed by atoms with Crippen molar-refractivity contribution in [1.29, 1.82) is 0 Å². The lowest BCUT2D eigenvalue weighted by Crippen LogP contribution is -2.40. The van der Waals surface area contributed by atoms with Crippen molar-refractivity contribution in [2.75, 3.05) is 46.0 Å². The first-order valence-electron chi connectivity index (χ1n) is 7.32. The van der Waals surface area contributed by atoms with Gasteiger partial charge in [0.15, 0.2) is 0 Å². The summed E-state index contributed by atoms with van der Waals surface area (Å²) in [4.78, 5) is 2.39. The molecule has 0 aromatic heterocycles. The second kappa shape index (κ2) is 8.81. The highest BCUT2D eigenvalue weighted by atomic mass is 35.5. The van der Waals surface area contributed by atoms with E-state index in [0.717, 1.165) is 50.7 Å². The van der Waals surface area contributed by atoms with Gasteiger partial charge in [0.05, 0.1) is 24.8 Å². The predicted octanol–water partition coefficient (Wildman–Crippen LogP) is 2.81. The van der Waals surface area contributed by atoms with E-state index in [4.69, 9.17) is 32.7 Å². The van der Waals surface area contributed by atoms with Crippen molar-refractivity contribution in [2.45, 2.75) is 13.5 Å². The number of hydrogen-bond acceptors (Lipinski definition) is 4. The van der Waals surface area contributed by atoms with Gasteiger partial charge in [-0.05, 0) is 19.1 Å². The number of benzene rings is 1. The largest absolute Gasteiger partial charge is 0.492 e. The monoisotopic (exact) mass is 332 g/mol. The average molecular weight is 333 g/mol. The highest BCUT2D eigenvalue weighted by molar-refractivity contribution is 6.35. The van der Waals surface area contributed by atoms with Crippen molar-refractivity contribution in [3.63, 3.8) is 0 Å². The Morgan fingerprint density at radius 1 is 1.29 bits per heavy atom. The van der Waals surface area contributed by atoms with Crippen LogP contribution in [0.25, 0.3) is 0 Å². The van der Waals surface area contributed by atoms with E-state index in [-0.39, 0.29) is 0 Å². The normalized spacial score (nSPS) is 16.1. The first kappa shape index (κ1) is 16.8. The molecule has 1 aliphatic heterocycles. The molecule has 1 fully saturated rings. The molecule has 0 saturated carbocycles. The number of nitrogens with zero attached hydrogens (tertiary/aromatic N) is 1. The lowest BCUT2D eigenvalue weighted by Gasteiger charge is -2.26. The zero-order valence-corrected chi connectivity index (χ0v) is 13.8. The highest BCUT2D eigenvalue weighted by Crippen LogP contribution is 2.32. The van der Waals surface area contributed by atoms with Crippen molar-refractivity contribution in [2.24, 2.45) is 0 Å². The van der Waals surface area contributed by atoms with E-state index in [1.807, 2.05) is 13.0 Å². The maximum Gasteiger partial charge on any atom is 0.142 e. The molecule has 0 radical (unpaired) electrons. The van der Waals surface area contributed by atoms with Crippen LogP contribution in [0.4, 0.5) is 0 Å². The number of rotatable bonds is 7. The van der Waals surface area contributed by atoms with Gasteiger partial charge in [0.25, 0.3) is 0 Å². The summed E-state index contributed by atoms with van der Waals surface area (Å²) in [5.74, 6) is 0.724. The SMILES string of the molecule is CCOc1c(Cl)cc(Cl)cc1CNCCN1CCOCC1. The summed E-state index contributed by atoms with van der Waals surface area (Å²) in [6.07, 6.45) is 0. The molecule has 1 aliphatic rings. The summed E-state index contributed by atoms with van der Waals surface area (Å²) >= 11 is 12.3. The van der Waals surface area contributed by atoms with Crippen molar-refractivity contribution in [1.82, 2.24) is 10.2 Å². The Morgan fingerprint density at radius 3 is 2.76 bits per heavy atom. The van der Waals surface area contributed by atoms with Crippen LogP contribution in [-0.4, -0.2) is 50.9 Å². The number of halogens is 2. The minimum atomic E-state index is 0.564. The second-order valence-corrected chi connectivity index (χ2v) is 5.78. The van der Waals surface area contributed by atoms with Crippen LogP contribution in [0.1, 0.15) is 12.5 Å². The summed E-state index contributed by atoms with van der Waals surface area (Å²) in [6.45, 7) is 8.83. The average Bonchev–Trinajstić information content (AvgIpc) is 2.48. The van der Waals surface area contributed by atoms with Crippen LogP contribution in [0.5, 0.6) is 5.75 Å². The summed E-state index contributed by atoms with van der Waals surface area (Å²) in [5, 5.41) is 4.62. The van der Waals surface area contributed by atoms with Crippen molar-refractivity contribution in [3.8, 4) is 5.75 Å². The molecule has 0 aliphatic carbocycles. The van der Waals surface area contributed by atoms with Gasteiger partial charge in [-0.15, -0.1) is 0 Å². The van der Waals surface area contributed by atoms with Crippen LogP contribution >= 0.6 is 23.2 Å². The van der Waals surface area contributed by atoms with Gasteiger partial charge in [-0.25, -0.2) is 0 Å². The quantitative estimate of drug-likeness (QED) is 0.778. The van der Waals surface area contributed by atoms with E-state index in [9.17, 15) is 0 Å². The minimum Gasteiger partial charge on any atom is -0.492 e. The van der Waals surface area contributed by atoms with Gasteiger partial charge in [0, 0.05) is 43.3 Å². The fraction of sp³-hybridized carbons (Fsp3) is 0.600. The summed E-state index contributed by atoms with van der Waals surface area (Å²) in [6, 6.07) is 3.62. The van der Waals surface area contributed by atoms with Crippen LogP contribution in [-0.2, 0) is 11.3 Å². The van der Waals surface area contributed by atoms with E-state index in [2.05, 4.69) is 10.2 Å². The van der Waals surface area contributed by atoms with E-state index in [0.29, 0.717) is 23.2 Å². The Morgan fingerprint density at radius 2 is 2.05 bits per heavy atom. The highest BCUT2D eigenvalue weighted by Gasteiger charge is 2.12. The second-order valence-electron chi connectivity index (χ2n) is 4.94. The molecule has 4 nitrogen and oxygen atoms in total. The van der Waals surface area contributed by atoms with E-state index in [1.165, 1.54) is 0 Å². The molecule has 1 aromatic rings. The fourth-order valence-electron chi connectivity index (χ4n) is 2.34. The maximum absolute atomic E-state index is 6.19. The van der Waals surface area contributed by atoms with Gasteiger partial charge in [0.2, 0.25) is 0 Å². The van der Waals surface area contributed by atoms with Crippen molar-refractivity contribution < 1.29 is 9.47 Å². The third-order valence-corrected chi connectivity index (χ3v) is 3.90. The first-order valence-corrected chi connectivity index (χ1v) is 8.08. The Kier molecular flexibility index (Phi) is 7.07. The topological polar surface area (TPSA) is 33.7 Å². The van der Waals surface area contributed by atoms with Gasteiger partial charge >= 0.3 is 0 Å². The molecule has 118 valence electrons. The van der Waals surface area contributed by atoms with E-state index in [1.54, 1.807) is 6.07 Å². The summed E-state index contributed by atoms with van der Waals surface area (Å²) in [7, 11) is 0. The predicted molar refractivity (Wildman–Crippen MR) is 86.6 cm³/mol. The van der Waals surface area contributed by atoms with Gasteiger partial charge < -0.3 is 14.8 Å². The molecule has 1 N–H and O–H groups in total. The van der Waals surface area contributed by atoms with Crippen LogP contribution in [0.15, 0.2) is 12.1 Å². The molecular weight excluding hydrogens is 311 g/mol. The minimum absolute atomic E-state index is 0.564. The summed E-state index contributed by atoms with van der Waals surface area (Å²) < 4.78 is 10.9. The van der Waals surface area contributed by atoms with Crippen molar-refractivity contribution >= 4 is 23.2 Å². The molecule has 0 unspecified atom stereocenters. The third-order valence-electron chi connectivity index (χ3n) is 3.40. The Bertz CT molecular complexity index is 452. The van der Waals surface area contributed by atoms with E-state index >= 15 is 0 Å². The van der Waals surface area contributed by atoms with Gasteiger partial charge in [-0.3, -0.25) is 4.90 Å². The van der Waals surface area contributed by atoms with Crippen molar-refractivity contribution in [3.05, 3.63) is 27.7 Å². The Hall–Kier alpha value is -0.520. The number of morpholine rings is 1. The lowest BCUT2D eigenvalue weighted by molar-refractivity contribution is 0.0384. The molecule has 6 heteroatoms. The number of nitrogens with one attached hydrogen (secondary N) is 1. The molecule has 0 spiro atoms. The smallest absolute Gasteiger partial charge is 0.142 e. The van der Waals surface area contributed by atoms with Crippen LogP contribution in [0, 0.1) is 0 Å². The molecule has 0 atom stereocenters. The fourth-order valence-corrected chi connectivity index (χ4v) is 2.93. The molecule has 0 amide bonds. The first-order chi connectivity index (χ1) is 10.2. The van der Waals surface area contributed by atoms with Crippen LogP contribution in [0.2, 0.25) is 10.0 Å². The van der Waals surface area contributed by atoms with E-state index < -0.39 is 0 Å². The molecule has 1 aromatic carbocycles. The molecule has 0 bridgehead atoms. The standard InChI is InChI=1S/C15H22Cl2N2O2/c1-2-21-15-12(9-13(16)10-14(15)17)11-18-3-4-19-5-7-20-8-6-19/h9-10,18H,2-8,11H2,1H3. The lowest BCUT2D eigenvalue weighted by atomic mass is 10.2. The molecule has 2 rings (SSSR count). The van der Waals surface area contributed by atoms with Gasteiger partial charge in [-0.1, -0.05) is 23.2 Å². The zero-order valence-electron chi connectivity index (χ0n) is 12.3. The molecule has 1 heterocycles. The van der Waals surface area contributed by atoms with Crippen LogP contribution in [0.3, 0.4) is 0 Å². The molecule has 1 saturated heterocycles. The maximum atomic E-state index is 6.19. The Balaban J connectivity index is 1.84. The Labute approximate surface area is 136 Å². The van der Waals surface area contributed by atoms with Crippen LogP contribution < -0.4 is 10.1 Å². The number of ether oxygens (including phenoxy) is 2. The molecule has 21 heavy (non-hydrogen) atoms. The van der Waals surface area contributed by atoms with Gasteiger partial charge in [-0.2, -0.15) is 0 Å². The number of hydrogen-bond donors (Lipinski definition) is 1. The third kappa shape index (κ3) is 5.31.